The first-order chi connectivity index (χ1) is 6.24. The van der Waals surface area contributed by atoms with Gasteiger partial charge < -0.3 is 9.73 Å². The number of carbonyl (C=O) groups is 1. The SMILES string of the molecule is CCCCNC(=O)c1coc(=O)[nH]1. The zero-order valence-electron chi connectivity index (χ0n) is 7.42. The van der Waals surface area contributed by atoms with Crippen LogP contribution in [0, 0.1) is 0 Å². The number of hydrogen-bond acceptors (Lipinski definition) is 3. The Morgan fingerprint density at radius 1 is 1.69 bits per heavy atom. The minimum absolute atomic E-state index is 0.168. The third-order valence-electron chi connectivity index (χ3n) is 1.58. The van der Waals surface area contributed by atoms with Crippen LogP contribution in [0.25, 0.3) is 0 Å². The molecule has 1 amide bonds. The number of amides is 1. The van der Waals surface area contributed by atoms with E-state index in [-0.39, 0.29) is 11.6 Å². The maximum Gasteiger partial charge on any atom is 0.416 e. The van der Waals surface area contributed by atoms with Gasteiger partial charge in [-0.2, -0.15) is 0 Å². The van der Waals surface area contributed by atoms with Gasteiger partial charge in [-0.3, -0.25) is 9.78 Å². The molecule has 0 saturated heterocycles. The number of unbranched alkanes of at least 4 members (excludes halogenated alkanes) is 1. The van der Waals surface area contributed by atoms with Crippen LogP contribution in [0.4, 0.5) is 0 Å². The normalized spacial score (nSPS) is 9.92. The molecule has 0 fully saturated rings. The molecule has 0 aliphatic heterocycles. The summed E-state index contributed by atoms with van der Waals surface area (Å²) < 4.78 is 4.42. The molecule has 0 saturated carbocycles. The van der Waals surface area contributed by atoms with Crippen LogP contribution < -0.4 is 11.1 Å². The number of aromatic amines is 1. The van der Waals surface area contributed by atoms with Crippen LogP contribution in [0.2, 0.25) is 0 Å². The smallest absolute Gasteiger partial charge is 0.416 e. The second-order valence-electron chi connectivity index (χ2n) is 2.67. The van der Waals surface area contributed by atoms with Gasteiger partial charge in [-0.05, 0) is 6.42 Å². The molecular formula is C8H12N2O3. The van der Waals surface area contributed by atoms with Gasteiger partial charge >= 0.3 is 5.76 Å². The van der Waals surface area contributed by atoms with Crippen molar-refractivity contribution in [1.82, 2.24) is 10.3 Å². The molecule has 2 N–H and O–H groups in total. The molecule has 0 aliphatic rings. The average Bonchev–Trinajstić information content (AvgIpc) is 2.52. The second-order valence-corrected chi connectivity index (χ2v) is 2.67. The molecule has 5 heteroatoms. The van der Waals surface area contributed by atoms with Gasteiger partial charge in [-0.15, -0.1) is 0 Å². The Bertz CT molecular complexity index is 326. The van der Waals surface area contributed by atoms with Crippen molar-refractivity contribution in [3.05, 3.63) is 22.5 Å². The fourth-order valence-electron chi connectivity index (χ4n) is 0.866. The number of carbonyl (C=O) groups excluding carboxylic acids is 1. The fourth-order valence-corrected chi connectivity index (χ4v) is 0.866. The van der Waals surface area contributed by atoms with Crippen molar-refractivity contribution in [2.75, 3.05) is 6.54 Å². The summed E-state index contributed by atoms with van der Waals surface area (Å²) in [7, 11) is 0. The maximum absolute atomic E-state index is 11.2. The molecule has 1 heterocycles. The summed E-state index contributed by atoms with van der Waals surface area (Å²) in [6.45, 7) is 2.65. The number of oxazole rings is 1. The van der Waals surface area contributed by atoms with Crippen LogP contribution in [0.15, 0.2) is 15.5 Å². The lowest BCUT2D eigenvalue weighted by Gasteiger charge is -1.99. The minimum atomic E-state index is -0.611. The Balaban J connectivity index is 2.44. The second kappa shape index (κ2) is 4.49. The average molecular weight is 184 g/mol. The Hall–Kier alpha value is -1.52. The Morgan fingerprint density at radius 3 is 3.00 bits per heavy atom. The van der Waals surface area contributed by atoms with E-state index in [1.54, 1.807) is 0 Å². The molecule has 13 heavy (non-hydrogen) atoms. The summed E-state index contributed by atoms with van der Waals surface area (Å²) in [5, 5.41) is 2.64. The molecule has 1 rings (SSSR count). The number of hydrogen-bond donors (Lipinski definition) is 2. The van der Waals surface area contributed by atoms with E-state index in [1.165, 1.54) is 0 Å². The summed E-state index contributed by atoms with van der Waals surface area (Å²) in [5.41, 5.74) is 0.168. The molecular weight excluding hydrogens is 172 g/mol. The number of aromatic nitrogens is 1. The molecule has 72 valence electrons. The van der Waals surface area contributed by atoms with Crippen molar-refractivity contribution >= 4 is 5.91 Å². The lowest BCUT2D eigenvalue weighted by molar-refractivity contribution is 0.0948. The molecule has 0 radical (unpaired) electrons. The van der Waals surface area contributed by atoms with Crippen LogP contribution in [0.1, 0.15) is 30.3 Å². The molecule has 0 unspecified atom stereocenters. The highest BCUT2D eigenvalue weighted by atomic mass is 16.4. The first-order valence-electron chi connectivity index (χ1n) is 4.20. The standard InChI is InChI=1S/C8H12N2O3/c1-2-3-4-9-7(11)6-5-13-8(12)10-6/h5H,2-4H2,1H3,(H,9,11)(H,10,12). The molecule has 0 aliphatic carbocycles. The van der Waals surface area contributed by atoms with Crippen molar-refractivity contribution < 1.29 is 9.21 Å². The van der Waals surface area contributed by atoms with E-state index in [4.69, 9.17) is 0 Å². The Morgan fingerprint density at radius 2 is 2.46 bits per heavy atom. The van der Waals surface area contributed by atoms with E-state index < -0.39 is 5.76 Å². The Kier molecular flexibility index (Phi) is 3.31. The third-order valence-corrected chi connectivity index (χ3v) is 1.58. The summed E-state index contributed by atoms with van der Waals surface area (Å²) in [5.74, 6) is -0.917. The molecule has 1 aromatic rings. The summed E-state index contributed by atoms with van der Waals surface area (Å²) in [6, 6.07) is 0. The molecule has 5 nitrogen and oxygen atoms in total. The van der Waals surface area contributed by atoms with Crippen LogP contribution in [0.3, 0.4) is 0 Å². The predicted molar refractivity (Wildman–Crippen MR) is 46.6 cm³/mol. The molecule has 0 atom stereocenters. The van der Waals surface area contributed by atoms with Crippen LogP contribution >= 0.6 is 0 Å². The van der Waals surface area contributed by atoms with Crippen molar-refractivity contribution in [2.24, 2.45) is 0 Å². The first-order valence-corrected chi connectivity index (χ1v) is 4.20. The highest BCUT2D eigenvalue weighted by Gasteiger charge is 2.07. The van der Waals surface area contributed by atoms with E-state index in [0.717, 1.165) is 19.1 Å². The largest absolute Gasteiger partial charge is 0.416 e. The minimum Gasteiger partial charge on any atom is -0.416 e. The molecule has 0 bridgehead atoms. The monoisotopic (exact) mass is 184 g/mol. The van der Waals surface area contributed by atoms with Gasteiger partial charge in [0.25, 0.3) is 5.91 Å². The predicted octanol–water partition coefficient (Wildman–Crippen LogP) is 0.498. The van der Waals surface area contributed by atoms with Crippen LogP contribution in [-0.2, 0) is 0 Å². The van der Waals surface area contributed by atoms with Crippen molar-refractivity contribution in [3.63, 3.8) is 0 Å². The lowest BCUT2D eigenvalue weighted by atomic mass is 10.3. The molecule has 1 aromatic heterocycles. The van der Waals surface area contributed by atoms with Gasteiger partial charge in [0.2, 0.25) is 0 Å². The highest BCUT2D eigenvalue weighted by molar-refractivity contribution is 5.91. The van der Waals surface area contributed by atoms with Crippen molar-refractivity contribution in [2.45, 2.75) is 19.8 Å². The zero-order chi connectivity index (χ0) is 9.68. The quantitative estimate of drug-likeness (QED) is 0.669. The van der Waals surface area contributed by atoms with Crippen LogP contribution in [-0.4, -0.2) is 17.4 Å². The summed E-state index contributed by atoms with van der Waals surface area (Å²) >= 11 is 0. The summed E-state index contributed by atoms with van der Waals surface area (Å²) in [4.78, 5) is 24.0. The van der Waals surface area contributed by atoms with Gasteiger partial charge in [0, 0.05) is 6.54 Å². The fraction of sp³-hybridized carbons (Fsp3) is 0.500. The highest BCUT2D eigenvalue weighted by Crippen LogP contribution is 1.90. The van der Waals surface area contributed by atoms with Gasteiger partial charge in [0.1, 0.15) is 12.0 Å². The number of nitrogens with one attached hydrogen (secondary N) is 2. The topological polar surface area (TPSA) is 75.1 Å². The maximum atomic E-state index is 11.2. The van der Waals surface area contributed by atoms with Gasteiger partial charge in [-0.25, -0.2) is 4.79 Å². The Labute approximate surface area is 75.1 Å². The van der Waals surface area contributed by atoms with Crippen molar-refractivity contribution in [1.29, 1.82) is 0 Å². The van der Waals surface area contributed by atoms with E-state index in [0.29, 0.717) is 6.54 Å². The van der Waals surface area contributed by atoms with E-state index >= 15 is 0 Å². The zero-order valence-corrected chi connectivity index (χ0v) is 7.42. The molecule has 0 aromatic carbocycles. The van der Waals surface area contributed by atoms with E-state index in [9.17, 15) is 9.59 Å². The first kappa shape index (κ1) is 9.57. The lowest BCUT2D eigenvalue weighted by Crippen LogP contribution is -2.25. The van der Waals surface area contributed by atoms with Crippen LogP contribution in [0.5, 0.6) is 0 Å². The van der Waals surface area contributed by atoms with Gasteiger partial charge in [0.05, 0.1) is 0 Å². The van der Waals surface area contributed by atoms with E-state index in [2.05, 4.69) is 14.7 Å². The molecule has 0 spiro atoms. The third kappa shape index (κ3) is 2.77. The summed E-state index contributed by atoms with van der Waals surface area (Å²) in [6.07, 6.45) is 3.06. The van der Waals surface area contributed by atoms with Gasteiger partial charge in [-0.1, -0.05) is 13.3 Å². The van der Waals surface area contributed by atoms with Gasteiger partial charge in [0.15, 0.2) is 0 Å². The number of rotatable bonds is 4. The van der Waals surface area contributed by atoms with E-state index in [1.807, 2.05) is 6.92 Å². The number of H-pyrrole nitrogens is 1. The van der Waals surface area contributed by atoms with Crippen molar-refractivity contribution in [3.8, 4) is 0 Å².